The molecule has 2 aromatic heterocycles. The van der Waals surface area contributed by atoms with Gasteiger partial charge in [0, 0.05) is 24.7 Å². The highest BCUT2D eigenvalue weighted by Crippen LogP contribution is 2.29. The van der Waals surface area contributed by atoms with Crippen LogP contribution in [0, 0.1) is 0 Å². The second kappa shape index (κ2) is 7.17. The Balaban J connectivity index is 1.63. The molecule has 136 valence electrons. The summed E-state index contributed by atoms with van der Waals surface area (Å²) < 4.78 is 43.2. The van der Waals surface area contributed by atoms with Crippen molar-refractivity contribution in [3.63, 3.8) is 0 Å². The number of fused-ring (bicyclic) bond motifs is 1. The Morgan fingerprint density at radius 3 is 2.54 bits per heavy atom. The van der Waals surface area contributed by atoms with Gasteiger partial charge in [0.1, 0.15) is 5.65 Å². The van der Waals surface area contributed by atoms with E-state index in [1.54, 1.807) is 12.4 Å². The highest BCUT2D eigenvalue weighted by atomic mass is 19.4. The number of halogens is 3. The monoisotopic (exact) mass is 363 g/mol. The van der Waals surface area contributed by atoms with Crippen molar-refractivity contribution in [3.8, 4) is 0 Å². The summed E-state index contributed by atoms with van der Waals surface area (Å²) in [4.78, 5) is 18.4. The molecule has 0 aliphatic heterocycles. The third kappa shape index (κ3) is 4.20. The minimum absolute atomic E-state index is 0.182. The van der Waals surface area contributed by atoms with E-state index in [4.69, 9.17) is 4.74 Å². The summed E-state index contributed by atoms with van der Waals surface area (Å²) in [6, 6.07) is 6.70. The van der Waals surface area contributed by atoms with E-state index in [9.17, 15) is 18.0 Å². The lowest BCUT2D eigenvalue weighted by Crippen LogP contribution is -2.05. The first-order valence-electron chi connectivity index (χ1n) is 7.80. The van der Waals surface area contributed by atoms with Crippen molar-refractivity contribution in [1.29, 1.82) is 0 Å². The Labute approximate surface area is 147 Å². The molecule has 26 heavy (non-hydrogen) atoms. The fraction of sp³-hybridized carbons (Fsp3) is 0.222. The minimum atomic E-state index is -4.34. The van der Waals surface area contributed by atoms with E-state index in [1.165, 1.54) is 19.1 Å². The van der Waals surface area contributed by atoms with Crippen LogP contribution in [0.4, 0.5) is 18.9 Å². The molecule has 2 N–H and O–H groups in total. The molecule has 0 radical (unpaired) electrons. The number of H-pyrrole nitrogens is 1. The lowest BCUT2D eigenvalue weighted by Gasteiger charge is -2.08. The Bertz CT molecular complexity index is 918. The zero-order valence-electron chi connectivity index (χ0n) is 13.9. The highest BCUT2D eigenvalue weighted by molar-refractivity contribution is 5.99. The molecule has 0 bridgehead atoms. The van der Waals surface area contributed by atoms with E-state index in [2.05, 4.69) is 15.3 Å². The number of carbonyl (C=O) groups is 1. The molecule has 2 heterocycles. The normalized spacial score (nSPS) is 11.7. The van der Waals surface area contributed by atoms with Crippen molar-refractivity contribution < 1.29 is 22.7 Å². The maximum atomic E-state index is 12.5. The van der Waals surface area contributed by atoms with E-state index >= 15 is 0 Å². The van der Waals surface area contributed by atoms with Gasteiger partial charge in [0.25, 0.3) is 0 Å². The third-order valence-corrected chi connectivity index (χ3v) is 3.72. The maximum Gasteiger partial charge on any atom is 0.416 e. The van der Waals surface area contributed by atoms with Crippen molar-refractivity contribution >= 4 is 22.6 Å². The maximum absolute atomic E-state index is 12.5. The molecule has 0 atom stereocenters. The number of aromatic nitrogens is 2. The average molecular weight is 363 g/mol. The summed E-state index contributed by atoms with van der Waals surface area (Å²) in [5.74, 6) is -0.185. The molecule has 1 amide bonds. The molecule has 0 saturated carbocycles. The Kier molecular flexibility index (Phi) is 4.94. The van der Waals surface area contributed by atoms with Crippen molar-refractivity contribution in [3.05, 3.63) is 59.4 Å². The second-order valence-electron chi connectivity index (χ2n) is 5.81. The Morgan fingerprint density at radius 2 is 1.88 bits per heavy atom. The number of hydrogen-bond donors (Lipinski definition) is 2. The number of rotatable bonds is 5. The number of anilines is 1. The number of amides is 1. The van der Waals surface area contributed by atoms with Crippen LogP contribution in [-0.2, 0) is 28.9 Å². The lowest BCUT2D eigenvalue weighted by atomic mass is 10.1. The van der Waals surface area contributed by atoms with Crippen molar-refractivity contribution in [1.82, 2.24) is 9.97 Å². The summed E-state index contributed by atoms with van der Waals surface area (Å²) >= 11 is 0. The summed E-state index contributed by atoms with van der Waals surface area (Å²) in [6.07, 6.45) is -1.04. The van der Waals surface area contributed by atoms with Gasteiger partial charge < -0.3 is 15.0 Å². The number of benzene rings is 1. The number of pyridine rings is 1. The first-order chi connectivity index (χ1) is 12.3. The lowest BCUT2D eigenvalue weighted by molar-refractivity contribution is -0.137. The SMILES string of the molecule is CC(=O)Nc1c[nH]c2ncc(COCc3ccc(C(F)(F)F)cc3)cc12. The number of alkyl halides is 3. The van der Waals surface area contributed by atoms with Gasteiger partial charge in [-0.3, -0.25) is 4.79 Å². The number of nitrogens with zero attached hydrogens (tertiary/aromatic N) is 1. The number of nitrogens with one attached hydrogen (secondary N) is 2. The van der Waals surface area contributed by atoms with Crippen LogP contribution in [0.15, 0.2) is 42.7 Å². The molecule has 3 rings (SSSR count). The quantitative estimate of drug-likeness (QED) is 0.712. The van der Waals surface area contributed by atoms with Gasteiger partial charge in [0.05, 0.1) is 24.5 Å². The standard InChI is InChI=1S/C18H16F3N3O2/c1-11(25)24-16-8-23-17-15(16)6-13(7-22-17)10-26-9-12-2-4-14(5-3-12)18(19,20)21/h2-8H,9-10H2,1H3,(H,22,23)(H,24,25). The van der Waals surface area contributed by atoms with Crippen LogP contribution in [0.25, 0.3) is 11.0 Å². The number of carbonyl (C=O) groups excluding carboxylic acids is 1. The van der Waals surface area contributed by atoms with Crippen LogP contribution < -0.4 is 5.32 Å². The molecule has 0 aliphatic rings. The summed E-state index contributed by atoms with van der Waals surface area (Å²) in [7, 11) is 0. The molecule has 0 spiro atoms. The molecule has 0 fully saturated rings. The largest absolute Gasteiger partial charge is 0.416 e. The highest BCUT2D eigenvalue weighted by Gasteiger charge is 2.29. The third-order valence-electron chi connectivity index (χ3n) is 3.72. The van der Waals surface area contributed by atoms with Gasteiger partial charge >= 0.3 is 6.18 Å². The van der Waals surface area contributed by atoms with E-state index in [0.717, 1.165) is 23.1 Å². The van der Waals surface area contributed by atoms with Crippen LogP contribution >= 0.6 is 0 Å². The molecule has 0 aliphatic carbocycles. The molecule has 1 aromatic carbocycles. The van der Waals surface area contributed by atoms with Crippen molar-refractivity contribution in [2.45, 2.75) is 26.3 Å². The topological polar surface area (TPSA) is 67.0 Å². The van der Waals surface area contributed by atoms with E-state index in [-0.39, 0.29) is 19.1 Å². The van der Waals surface area contributed by atoms with E-state index < -0.39 is 11.7 Å². The first-order valence-corrected chi connectivity index (χ1v) is 7.80. The number of hydrogen-bond acceptors (Lipinski definition) is 3. The van der Waals surface area contributed by atoms with Gasteiger partial charge in [-0.1, -0.05) is 12.1 Å². The summed E-state index contributed by atoms with van der Waals surface area (Å²) in [5, 5.41) is 3.47. The molecule has 0 saturated heterocycles. The predicted octanol–water partition coefficient (Wildman–Crippen LogP) is 4.26. The van der Waals surface area contributed by atoms with Gasteiger partial charge in [-0.2, -0.15) is 13.2 Å². The molecule has 8 heteroatoms. The van der Waals surface area contributed by atoms with Crippen LogP contribution in [0.3, 0.4) is 0 Å². The van der Waals surface area contributed by atoms with E-state index in [1.807, 2.05) is 6.07 Å². The molecular formula is C18H16F3N3O2. The zero-order valence-corrected chi connectivity index (χ0v) is 13.9. The molecule has 3 aromatic rings. The summed E-state index contributed by atoms with van der Waals surface area (Å²) in [5.41, 5.74) is 2.02. The van der Waals surface area contributed by atoms with Crippen molar-refractivity contribution in [2.24, 2.45) is 0 Å². The summed E-state index contributed by atoms with van der Waals surface area (Å²) in [6.45, 7) is 1.85. The Morgan fingerprint density at radius 1 is 1.19 bits per heavy atom. The zero-order chi connectivity index (χ0) is 18.7. The number of aromatic amines is 1. The van der Waals surface area contributed by atoms with Crippen LogP contribution in [0.5, 0.6) is 0 Å². The fourth-order valence-electron chi connectivity index (χ4n) is 2.50. The Hall–Kier alpha value is -2.87. The van der Waals surface area contributed by atoms with Crippen LogP contribution in [0.2, 0.25) is 0 Å². The average Bonchev–Trinajstić information content (AvgIpc) is 2.96. The first kappa shape index (κ1) is 17.9. The second-order valence-corrected chi connectivity index (χ2v) is 5.81. The minimum Gasteiger partial charge on any atom is -0.372 e. The number of ether oxygens (including phenoxy) is 1. The van der Waals surface area contributed by atoms with Crippen LogP contribution in [0.1, 0.15) is 23.6 Å². The van der Waals surface area contributed by atoms with E-state index in [0.29, 0.717) is 16.9 Å². The van der Waals surface area contributed by atoms with Gasteiger partial charge in [0.2, 0.25) is 5.91 Å². The predicted molar refractivity (Wildman–Crippen MR) is 90.3 cm³/mol. The molecular weight excluding hydrogens is 347 g/mol. The van der Waals surface area contributed by atoms with Gasteiger partial charge in [-0.15, -0.1) is 0 Å². The fourth-order valence-corrected chi connectivity index (χ4v) is 2.50. The van der Waals surface area contributed by atoms with Crippen molar-refractivity contribution in [2.75, 3.05) is 5.32 Å². The molecule has 5 nitrogen and oxygen atoms in total. The molecule has 0 unspecified atom stereocenters. The van der Waals surface area contributed by atoms with Gasteiger partial charge in [-0.25, -0.2) is 4.98 Å². The van der Waals surface area contributed by atoms with Crippen LogP contribution in [-0.4, -0.2) is 15.9 Å². The van der Waals surface area contributed by atoms with Gasteiger partial charge in [-0.05, 0) is 29.3 Å². The smallest absolute Gasteiger partial charge is 0.372 e. The van der Waals surface area contributed by atoms with Gasteiger partial charge in [0.15, 0.2) is 0 Å².